The average Bonchev–Trinajstić information content (AvgIpc) is 2.55. The topological polar surface area (TPSA) is 78.7 Å². The van der Waals surface area contributed by atoms with E-state index in [0.29, 0.717) is 20.7 Å². The van der Waals surface area contributed by atoms with E-state index < -0.39 is 10.9 Å². The molecule has 0 amide bonds. The lowest BCUT2D eigenvalue weighted by Gasteiger charge is -2.07. The number of nitro benzene ring substituents is 1. The van der Waals surface area contributed by atoms with E-state index in [0.717, 1.165) is 11.8 Å². The first kappa shape index (κ1) is 18.4. The van der Waals surface area contributed by atoms with Crippen LogP contribution in [0.4, 0.5) is 5.69 Å². The van der Waals surface area contributed by atoms with Crippen LogP contribution in [-0.2, 0) is 4.79 Å². The van der Waals surface area contributed by atoms with Crippen LogP contribution in [0.2, 0.25) is 10.0 Å². The third-order valence-corrected chi connectivity index (χ3v) is 4.53. The molecule has 2 rings (SSSR count). The van der Waals surface area contributed by atoms with Gasteiger partial charge in [0.25, 0.3) is 0 Å². The minimum Gasteiger partial charge on any atom is -0.496 e. The molecule has 0 N–H and O–H groups in total. The number of benzene rings is 2. The summed E-state index contributed by atoms with van der Waals surface area (Å²) in [6.07, 6.45) is 0. The first-order valence-corrected chi connectivity index (χ1v) is 8.26. The van der Waals surface area contributed by atoms with Crippen LogP contribution in [0.15, 0.2) is 41.3 Å². The van der Waals surface area contributed by atoms with Crippen molar-refractivity contribution in [2.75, 3.05) is 12.9 Å². The normalized spacial score (nSPS) is 10.3. The van der Waals surface area contributed by atoms with Crippen LogP contribution in [0.5, 0.6) is 11.5 Å². The Kier molecular flexibility index (Phi) is 6.30. The van der Waals surface area contributed by atoms with Crippen LogP contribution in [0.25, 0.3) is 0 Å². The largest absolute Gasteiger partial charge is 0.496 e. The summed E-state index contributed by atoms with van der Waals surface area (Å²) in [5.41, 5.74) is -0.353. The van der Waals surface area contributed by atoms with Crippen molar-refractivity contribution in [2.45, 2.75) is 4.90 Å². The smallest absolute Gasteiger partial charge is 0.321 e. The molecule has 2 aromatic carbocycles. The molecular formula is C15H11Cl2NO5S. The van der Waals surface area contributed by atoms with Gasteiger partial charge in [-0.3, -0.25) is 14.9 Å². The van der Waals surface area contributed by atoms with Gasteiger partial charge in [0.1, 0.15) is 5.75 Å². The van der Waals surface area contributed by atoms with Crippen molar-refractivity contribution in [3.63, 3.8) is 0 Å². The van der Waals surface area contributed by atoms with Gasteiger partial charge in [-0.25, -0.2) is 0 Å². The fourth-order valence-corrected chi connectivity index (χ4v) is 3.00. The average molecular weight is 388 g/mol. The van der Waals surface area contributed by atoms with Gasteiger partial charge < -0.3 is 9.47 Å². The fraction of sp³-hybridized carbons (Fsp3) is 0.133. The Morgan fingerprint density at radius 2 is 2.00 bits per heavy atom. The maximum atomic E-state index is 11.9. The third-order valence-electron chi connectivity index (χ3n) is 2.83. The third kappa shape index (κ3) is 4.77. The molecule has 24 heavy (non-hydrogen) atoms. The number of carbonyl (C=O) groups excluding carboxylic acids is 1. The molecule has 0 aliphatic heterocycles. The van der Waals surface area contributed by atoms with E-state index in [9.17, 15) is 14.9 Å². The Morgan fingerprint density at radius 3 is 2.67 bits per heavy atom. The van der Waals surface area contributed by atoms with E-state index in [4.69, 9.17) is 32.7 Å². The molecule has 0 fully saturated rings. The summed E-state index contributed by atoms with van der Waals surface area (Å²) in [5.74, 6) is -0.585. The van der Waals surface area contributed by atoms with E-state index in [1.807, 2.05) is 0 Å². The van der Waals surface area contributed by atoms with Gasteiger partial charge in [-0.15, -0.1) is 11.8 Å². The van der Waals surface area contributed by atoms with Crippen molar-refractivity contribution in [1.82, 2.24) is 0 Å². The Hall–Kier alpha value is -1.96. The van der Waals surface area contributed by atoms with Crippen LogP contribution >= 0.6 is 35.0 Å². The van der Waals surface area contributed by atoms with Gasteiger partial charge in [0, 0.05) is 9.92 Å². The second kappa shape index (κ2) is 8.23. The van der Waals surface area contributed by atoms with Gasteiger partial charge in [-0.2, -0.15) is 0 Å². The number of carbonyl (C=O) groups is 1. The lowest BCUT2D eigenvalue weighted by atomic mass is 10.3. The molecule has 6 nitrogen and oxygen atoms in total. The molecule has 0 atom stereocenters. The van der Waals surface area contributed by atoms with Gasteiger partial charge in [-0.1, -0.05) is 23.2 Å². The Bertz CT molecular complexity index is 784. The second-order valence-electron chi connectivity index (χ2n) is 4.43. The minimum absolute atomic E-state index is 0.0801. The highest BCUT2D eigenvalue weighted by atomic mass is 35.5. The molecule has 0 radical (unpaired) electrons. The van der Waals surface area contributed by atoms with Gasteiger partial charge >= 0.3 is 11.7 Å². The summed E-state index contributed by atoms with van der Waals surface area (Å²) in [7, 11) is 1.39. The summed E-state index contributed by atoms with van der Waals surface area (Å²) in [6, 6.07) is 8.84. The van der Waals surface area contributed by atoms with Gasteiger partial charge in [0.2, 0.25) is 5.75 Å². The van der Waals surface area contributed by atoms with Crippen molar-refractivity contribution in [1.29, 1.82) is 0 Å². The summed E-state index contributed by atoms with van der Waals surface area (Å²) >= 11 is 13.0. The Morgan fingerprint density at radius 1 is 1.25 bits per heavy atom. The molecule has 0 bridgehead atoms. The highest BCUT2D eigenvalue weighted by Gasteiger charge is 2.19. The van der Waals surface area contributed by atoms with Gasteiger partial charge in [0.15, 0.2) is 0 Å². The number of rotatable bonds is 6. The number of esters is 1. The zero-order valence-corrected chi connectivity index (χ0v) is 14.7. The number of halogens is 2. The van der Waals surface area contributed by atoms with Crippen molar-refractivity contribution >= 4 is 46.6 Å². The fourth-order valence-electron chi connectivity index (χ4n) is 1.73. The molecule has 0 heterocycles. The van der Waals surface area contributed by atoms with Crippen LogP contribution in [-0.4, -0.2) is 23.8 Å². The molecule has 0 aromatic heterocycles. The molecule has 0 aliphatic rings. The summed E-state index contributed by atoms with van der Waals surface area (Å²) in [6.45, 7) is 0. The maximum absolute atomic E-state index is 11.9. The number of hydrogen-bond donors (Lipinski definition) is 0. The Labute approximate surface area is 151 Å². The molecule has 2 aromatic rings. The summed E-state index contributed by atoms with van der Waals surface area (Å²) < 4.78 is 9.98. The highest BCUT2D eigenvalue weighted by Crippen LogP contribution is 2.33. The molecule has 0 aliphatic carbocycles. The van der Waals surface area contributed by atoms with Crippen molar-refractivity contribution in [3.05, 3.63) is 56.6 Å². The number of nitro groups is 1. The first-order valence-electron chi connectivity index (χ1n) is 6.51. The molecule has 0 saturated carbocycles. The number of thioether (sulfide) groups is 1. The summed E-state index contributed by atoms with van der Waals surface area (Å²) in [4.78, 5) is 23.0. The van der Waals surface area contributed by atoms with E-state index in [1.54, 1.807) is 18.2 Å². The molecule has 0 spiro atoms. The highest BCUT2D eigenvalue weighted by molar-refractivity contribution is 8.00. The minimum atomic E-state index is -0.649. The van der Waals surface area contributed by atoms with Crippen molar-refractivity contribution in [3.8, 4) is 11.5 Å². The lowest BCUT2D eigenvalue weighted by Crippen LogP contribution is -2.11. The van der Waals surface area contributed by atoms with Crippen LogP contribution in [0, 0.1) is 10.1 Å². The van der Waals surface area contributed by atoms with Crippen LogP contribution in [0.1, 0.15) is 0 Å². The van der Waals surface area contributed by atoms with Crippen LogP contribution in [0.3, 0.4) is 0 Å². The second-order valence-corrected chi connectivity index (χ2v) is 6.29. The molecule has 126 valence electrons. The number of hydrogen-bond acceptors (Lipinski definition) is 6. The standard InChI is InChI=1S/C15H11Cl2NO5S/c1-22-10-3-5-13(12(7-10)18(20)21)23-15(19)8-24-14-6-9(16)2-4-11(14)17/h2-7H,8H2,1H3. The predicted octanol–water partition coefficient (Wildman–Crippen LogP) is 4.61. The molecule has 0 saturated heterocycles. The number of nitrogens with zero attached hydrogens (tertiary/aromatic N) is 1. The maximum Gasteiger partial charge on any atom is 0.321 e. The zero-order valence-electron chi connectivity index (χ0n) is 12.3. The lowest BCUT2D eigenvalue weighted by molar-refractivity contribution is -0.385. The van der Waals surface area contributed by atoms with E-state index in [2.05, 4.69) is 0 Å². The molecular weight excluding hydrogens is 377 g/mol. The van der Waals surface area contributed by atoms with Gasteiger partial charge in [-0.05, 0) is 30.3 Å². The number of ether oxygens (including phenoxy) is 2. The van der Waals surface area contributed by atoms with E-state index >= 15 is 0 Å². The zero-order chi connectivity index (χ0) is 17.7. The Balaban J connectivity index is 2.07. The van der Waals surface area contributed by atoms with E-state index in [-0.39, 0.29) is 17.2 Å². The summed E-state index contributed by atoms with van der Waals surface area (Å²) in [5, 5.41) is 12.0. The molecule has 0 unspecified atom stereocenters. The monoisotopic (exact) mass is 387 g/mol. The quantitative estimate of drug-likeness (QED) is 0.236. The van der Waals surface area contributed by atoms with Crippen LogP contribution < -0.4 is 9.47 Å². The first-order chi connectivity index (χ1) is 11.4. The van der Waals surface area contributed by atoms with E-state index in [1.165, 1.54) is 25.3 Å². The predicted molar refractivity (Wildman–Crippen MR) is 92.5 cm³/mol. The van der Waals surface area contributed by atoms with Crippen molar-refractivity contribution < 1.29 is 19.2 Å². The SMILES string of the molecule is COc1ccc(OC(=O)CSc2cc(Cl)ccc2Cl)c([N+](=O)[O-])c1. The number of methoxy groups -OCH3 is 1. The molecule has 9 heteroatoms. The van der Waals surface area contributed by atoms with Crippen molar-refractivity contribution in [2.24, 2.45) is 0 Å². The van der Waals surface area contributed by atoms with Gasteiger partial charge in [0.05, 0.1) is 28.9 Å².